The SMILES string of the molecule is C=CC(/C=C/C(=O)NCCC1[C@H]2CN(c3ccnc(OC)c3)C[C@@H]12)=C\C=C/C. The molecule has 1 aromatic heterocycles. The molecular formula is C23H29N3O2. The molecule has 0 spiro atoms. The molecular weight excluding hydrogens is 350 g/mol. The van der Waals surface area contributed by atoms with Gasteiger partial charge in [0.25, 0.3) is 0 Å². The number of methoxy groups -OCH3 is 1. The van der Waals surface area contributed by atoms with Gasteiger partial charge in [-0.25, -0.2) is 4.98 Å². The average Bonchev–Trinajstić information content (AvgIpc) is 3.16. The van der Waals surface area contributed by atoms with E-state index in [4.69, 9.17) is 4.74 Å². The van der Waals surface area contributed by atoms with Crippen LogP contribution < -0.4 is 15.0 Å². The summed E-state index contributed by atoms with van der Waals surface area (Å²) >= 11 is 0. The third-order valence-corrected chi connectivity index (χ3v) is 5.58. The Labute approximate surface area is 167 Å². The zero-order valence-corrected chi connectivity index (χ0v) is 16.7. The summed E-state index contributed by atoms with van der Waals surface area (Å²) in [7, 11) is 1.64. The molecule has 2 heterocycles. The van der Waals surface area contributed by atoms with Crippen LogP contribution in [0.15, 0.2) is 66.9 Å². The maximum absolute atomic E-state index is 12.0. The number of pyridine rings is 1. The molecule has 2 aliphatic rings. The first-order valence-electron chi connectivity index (χ1n) is 9.82. The number of carbonyl (C=O) groups is 1. The summed E-state index contributed by atoms with van der Waals surface area (Å²) in [5.41, 5.74) is 2.10. The largest absolute Gasteiger partial charge is 0.481 e. The minimum atomic E-state index is -0.0513. The van der Waals surface area contributed by atoms with Gasteiger partial charge < -0.3 is 15.0 Å². The first kappa shape index (κ1) is 19.9. The van der Waals surface area contributed by atoms with E-state index < -0.39 is 0 Å². The number of carbonyl (C=O) groups excluding carboxylic acids is 1. The quantitative estimate of drug-likeness (QED) is 0.527. The van der Waals surface area contributed by atoms with Crippen molar-refractivity contribution < 1.29 is 9.53 Å². The minimum Gasteiger partial charge on any atom is -0.481 e. The molecule has 3 atom stereocenters. The Morgan fingerprint density at radius 1 is 1.39 bits per heavy atom. The first-order chi connectivity index (χ1) is 13.7. The second-order valence-electron chi connectivity index (χ2n) is 7.26. The fraction of sp³-hybridized carbons (Fsp3) is 0.391. The van der Waals surface area contributed by atoms with Crippen LogP contribution in [0.2, 0.25) is 0 Å². The van der Waals surface area contributed by atoms with E-state index in [1.807, 2.05) is 37.3 Å². The Hall–Kier alpha value is -2.82. The van der Waals surface area contributed by atoms with E-state index in [-0.39, 0.29) is 5.91 Å². The van der Waals surface area contributed by atoms with Gasteiger partial charge in [0.2, 0.25) is 11.8 Å². The number of piperidine rings is 1. The standard InChI is InChI=1S/C23H29N3O2/c1-4-6-7-17(5-2)8-9-22(27)24-13-11-19-20-15-26(16-21(19)20)18-10-12-25-23(14-18)28-3/h4-10,12,14,19-21H,2,11,13,15-16H2,1,3H3,(H,24,27)/b6-4-,9-8+,17-7+/t19?,20-,21+. The number of ether oxygens (including phenoxy) is 1. The van der Waals surface area contributed by atoms with Crippen LogP contribution in [0.4, 0.5) is 5.69 Å². The molecule has 1 aliphatic carbocycles. The highest BCUT2D eigenvalue weighted by atomic mass is 16.5. The lowest BCUT2D eigenvalue weighted by Crippen LogP contribution is -2.26. The zero-order chi connectivity index (χ0) is 19.9. The van der Waals surface area contributed by atoms with Crippen molar-refractivity contribution in [3.8, 4) is 5.88 Å². The maximum Gasteiger partial charge on any atom is 0.243 e. The summed E-state index contributed by atoms with van der Waals surface area (Å²) in [5, 5.41) is 2.99. The molecule has 5 heteroatoms. The van der Waals surface area contributed by atoms with Gasteiger partial charge in [-0.3, -0.25) is 4.79 Å². The van der Waals surface area contributed by atoms with Crippen LogP contribution in [-0.2, 0) is 4.79 Å². The number of anilines is 1. The van der Waals surface area contributed by atoms with Gasteiger partial charge in [0.05, 0.1) is 7.11 Å². The Kier molecular flexibility index (Phi) is 6.69. The smallest absolute Gasteiger partial charge is 0.243 e. The number of allylic oxidation sites excluding steroid dienone is 6. The summed E-state index contributed by atoms with van der Waals surface area (Å²) in [4.78, 5) is 18.6. The van der Waals surface area contributed by atoms with Crippen molar-refractivity contribution >= 4 is 11.6 Å². The van der Waals surface area contributed by atoms with Crippen molar-refractivity contribution in [1.29, 1.82) is 0 Å². The predicted molar refractivity (Wildman–Crippen MR) is 113 cm³/mol. The van der Waals surface area contributed by atoms with E-state index in [1.165, 1.54) is 5.69 Å². The number of amides is 1. The number of nitrogens with one attached hydrogen (secondary N) is 1. The Morgan fingerprint density at radius 3 is 2.86 bits per heavy atom. The van der Waals surface area contributed by atoms with Crippen LogP contribution in [0.1, 0.15) is 13.3 Å². The van der Waals surface area contributed by atoms with E-state index in [0.717, 1.165) is 49.4 Å². The Morgan fingerprint density at radius 2 is 2.18 bits per heavy atom. The lowest BCUT2D eigenvalue weighted by atomic mass is 10.2. The van der Waals surface area contributed by atoms with Gasteiger partial charge in [0, 0.05) is 43.7 Å². The van der Waals surface area contributed by atoms with Gasteiger partial charge in [-0.05, 0) is 48.8 Å². The monoisotopic (exact) mass is 379 g/mol. The Bertz CT molecular complexity index is 785. The van der Waals surface area contributed by atoms with Crippen molar-refractivity contribution in [2.75, 3.05) is 31.6 Å². The van der Waals surface area contributed by atoms with Gasteiger partial charge in [-0.2, -0.15) is 0 Å². The molecule has 2 fully saturated rings. The van der Waals surface area contributed by atoms with Gasteiger partial charge in [-0.15, -0.1) is 0 Å². The van der Waals surface area contributed by atoms with Crippen molar-refractivity contribution in [3.05, 3.63) is 66.9 Å². The molecule has 0 bridgehead atoms. The van der Waals surface area contributed by atoms with E-state index >= 15 is 0 Å². The molecule has 1 amide bonds. The number of hydrogen-bond acceptors (Lipinski definition) is 4. The van der Waals surface area contributed by atoms with E-state index in [9.17, 15) is 4.79 Å². The predicted octanol–water partition coefficient (Wildman–Crippen LogP) is 3.52. The highest BCUT2D eigenvalue weighted by molar-refractivity contribution is 5.88. The van der Waals surface area contributed by atoms with Crippen molar-refractivity contribution in [3.63, 3.8) is 0 Å². The van der Waals surface area contributed by atoms with Crippen LogP contribution in [0.3, 0.4) is 0 Å². The van der Waals surface area contributed by atoms with Gasteiger partial charge >= 0.3 is 0 Å². The van der Waals surface area contributed by atoms with Crippen LogP contribution in [0, 0.1) is 17.8 Å². The molecule has 1 saturated heterocycles. The molecule has 3 rings (SSSR count). The average molecular weight is 380 g/mol. The second-order valence-corrected chi connectivity index (χ2v) is 7.26. The number of nitrogens with zero attached hydrogens (tertiary/aromatic N) is 2. The van der Waals surface area contributed by atoms with Crippen LogP contribution in [-0.4, -0.2) is 37.6 Å². The van der Waals surface area contributed by atoms with E-state index in [2.05, 4.69) is 21.8 Å². The van der Waals surface area contributed by atoms with E-state index in [1.54, 1.807) is 31.5 Å². The fourth-order valence-corrected chi connectivity index (χ4v) is 3.99. The number of fused-ring (bicyclic) bond motifs is 1. The van der Waals surface area contributed by atoms with Crippen molar-refractivity contribution in [2.24, 2.45) is 17.8 Å². The molecule has 1 aliphatic heterocycles. The number of aromatic nitrogens is 1. The maximum atomic E-state index is 12.0. The summed E-state index contributed by atoms with van der Waals surface area (Å²) in [6.45, 7) is 8.59. The lowest BCUT2D eigenvalue weighted by molar-refractivity contribution is -0.116. The highest BCUT2D eigenvalue weighted by Crippen LogP contribution is 2.54. The normalized spacial score (nSPS) is 23.9. The molecule has 1 saturated carbocycles. The number of rotatable bonds is 9. The number of hydrogen-bond donors (Lipinski definition) is 1. The summed E-state index contributed by atoms with van der Waals surface area (Å²) in [5.74, 6) is 2.81. The third-order valence-electron chi connectivity index (χ3n) is 5.58. The topological polar surface area (TPSA) is 54.5 Å². The summed E-state index contributed by atoms with van der Waals surface area (Å²) in [6, 6.07) is 4.03. The Balaban J connectivity index is 1.38. The van der Waals surface area contributed by atoms with Crippen molar-refractivity contribution in [1.82, 2.24) is 10.3 Å². The molecule has 28 heavy (non-hydrogen) atoms. The summed E-state index contributed by atoms with van der Waals surface area (Å²) < 4.78 is 5.21. The highest BCUT2D eigenvalue weighted by Gasteiger charge is 2.54. The van der Waals surface area contributed by atoms with Gasteiger partial charge in [-0.1, -0.05) is 30.9 Å². The molecule has 1 N–H and O–H groups in total. The van der Waals surface area contributed by atoms with Crippen LogP contribution >= 0.6 is 0 Å². The van der Waals surface area contributed by atoms with Gasteiger partial charge in [0.15, 0.2) is 0 Å². The third kappa shape index (κ3) is 4.91. The fourth-order valence-electron chi connectivity index (χ4n) is 3.99. The second kappa shape index (κ2) is 9.40. The first-order valence-corrected chi connectivity index (χ1v) is 9.82. The molecule has 1 aromatic rings. The van der Waals surface area contributed by atoms with Gasteiger partial charge in [0.1, 0.15) is 0 Å². The zero-order valence-electron chi connectivity index (χ0n) is 16.7. The molecule has 1 unspecified atom stereocenters. The lowest BCUT2D eigenvalue weighted by Gasteiger charge is -2.22. The van der Waals surface area contributed by atoms with Crippen LogP contribution in [0.25, 0.3) is 0 Å². The van der Waals surface area contributed by atoms with Crippen LogP contribution in [0.5, 0.6) is 5.88 Å². The summed E-state index contributed by atoms with van der Waals surface area (Å²) in [6.07, 6.45) is 13.7. The minimum absolute atomic E-state index is 0.0513. The van der Waals surface area contributed by atoms with E-state index in [0.29, 0.717) is 5.88 Å². The van der Waals surface area contributed by atoms with Crippen molar-refractivity contribution in [2.45, 2.75) is 13.3 Å². The molecule has 148 valence electrons. The molecule has 0 aromatic carbocycles. The molecule has 5 nitrogen and oxygen atoms in total. The molecule has 0 radical (unpaired) electrons.